The van der Waals surface area contributed by atoms with E-state index in [1.165, 1.54) is 36.5 Å². The Balaban J connectivity index is 1.91. The predicted octanol–water partition coefficient (Wildman–Crippen LogP) is 3.97. The van der Waals surface area contributed by atoms with Crippen molar-refractivity contribution in [1.82, 2.24) is 9.97 Å². The molecule has 0 aliphatic rings. The van der Waals surface area contributed by atoms with Crippen LogP contribution in [-0.2, 0) is 4.79 Å². The lowest BCUT2D eigenvalue weighted by Gasteiger charge is -2.12. The number of carbonyl (C=O) groups is 1. The molecule has 0 saturated heterocycles. The average Bonchev–Trinajstić information content (AvgIpc) is 2.61. The van der Waals surface area contributed by atoms with Crippen LogP contribution in [0.3, 0.4) is 0 Å². The minimum atomic E-state index is -1.02. The van der Waals surface area contributed by atoms with Crippen molar-refractivity contribution in [2.24, 2.45) is 0 Å². The number of benzene rings is 2. The van der Waals surface area contributed by atoms with Crippen molar-refractivity contribution in [3.63, 3.8) is 0 Å². The molecule has 25 heavy (non-hydrogen) atoms. The van der Waals surface area contributed by atoms with Crippen LogP contribution in [0.4, 0.5) is 24.8 Å². The third-order valence-corrected chi connectivity index (χ3v) is 3.55. The molecule has 7 heteroatoms. The van der Waals surface area contributed by atoms with Crippen LogP contribution < -0.4 is 5.32 Å². The number of hydrogen-bond acceptors (Lipinski definition) is 4. The van der Waals surface area contributed by atoms with Crippen molar-refractivity contribution in [1.29, 1.82) is 0 Å². The van der Waals surface area contributed by atoms with Crippen LogP contribution in [0.15, 0.2) is 54.7 Å². The van der Waals surface area contributed by atoms with Crippen molar-refractivity contribution >= 4 is 17.9 Å². The van der Waals surface area contributed by atoms with Crippen molar-refractivity contribution in [3.8, 4) is 0 Å². The Kier molecular flexibility index (Phi) is 4.74. The van der Waals surface area contributed by atoms with Gasteiger partial charge in [0.15, 0.2) is 11.6 Å². The second-order valence-corrected chi connectivity index (χ2v) is 5.19. The fourth-order valence-electron chi connectivity index (χ4n) is 2.34. The first kappa shape index (κ1) is 16.6. The van der Waals surface area contributed by atoms with Gasteiger partial charge in [0.2, 0.25) is 5.95 Å². The zero-order valence-corrected chi connectivity index (χ0v) is 12.8. The van der Waals surface area contributed by atoms with Crippen LogP contribution in [0.5, 0.6) is 0 Å². The standard InChI is InChI=1S/C18H12F3N3O/c19-14-4-2-1-3-12(14)13(10-25)17-7-8-22-18(24-17)23-11-5-6-15(20)16(21)9-11/h1-10,13H,(H,22,23,24). The minimum absolute atomic E-state index is 0.0756. The van der Waals surface area contributed by atoms with Gasteiger partial charge in [-0.15, -0.1) is 0 Å². The summed E-state index contributed by atoms with van der Waals surface area (Å²) in [6, 6.07) is 10.6. The predicted molar refractivity (Wildman–Crippen MR) is 86.0 cm³/mol. The zero-order chi connectivity index (χ0) is 17.8. The van der Waals surface area contributed by atoms with Gasteiger partial charge in [-0.05, 0) is 24.3 Å². The maximum atomic E-state index is 13.9. The van der Waals surface area contributed by atoms with E-state index in [1.807, 2.05) is 0 Å². The summed E-state index contributed by atoms with van der Waals surface area (Å²) in [7, 11) is 0. The SMILES string of the molecule is O=CC(c1ccnc(Nc2ccc(F)c(F)c2)n1)c1ccccc1F. The normalized spacial score (nSPS) is 11.8. The molecule has 3 rings (SSSR count). The molecule has 1 N–H and O–H groups in total. The maximum absolute atomic E-state index is 13.9. The Morgan fingerprint density at radius 3 is 2.48 bits per heavy atom. The number of aldehydes is 1. The Labute approximate surface area is 141 Å². The highest BCUT2D eigenvalue weighted by Gasteiger charge is 2.19. The summed E-state index contributed by atoms with van der Waals surface area (Å²) in [5.74, 6) is -3.34. The zero-order valence-electron chi connectivity index (χ0n) is 12.8. The molecule has 1 heterocycles. The second kappa shape index (κ2) is 7.12. The number of rotatable bonds is 5. The van der Waals surface area contributed by atoms with Crippen LogP contribution in [-0.4, -0.2) is 16.3 Å². The number of carbonyl (C=O) groups excluding carboxylic acids is 1. The lowest BCUT2D eigenvalue weighted by Crippen LogP contribution is -2.09. The molecule has 0 aliphatic carbocycles. The molecule has 0 saturated carbocycles. The third-order valence-electron chi connectivity index (χ3n) is 3.55. The lowest BCUT2D eigenvalue weighted by molar-refractivity contribution is -0.108. The molecular weight excluding hydrogens is 331 g/mol. The molecule has 0 aliphatic heterocycles. The van der Waals surface area contributed by atoms with Gasteiger partial charge in [-0.3, -0.25) is 0 Å². The summed E-state index contributed by atoms with van der Waals surface area (Å²) >= 11 is 0. The Morgan fingerprint density at radius 2 is 1.76 bits per heavy atom. The average molecular weight is 343 g/mol. The van der Waals surface area contributed by atoms with E-state index in [0.717, 1.165) is 12.1 Å². The van der Waals surface area contributed by atoms with E-state index in [1.54, 1.807) is 6.07 Å². The van der Waals surface area contributed by atoms with E-state index in [9.17, 15) is 18.0 Å². The summed E-state index contributed by atoms with van der Waals surface area (Å²) in [4.78, 5) is 19.6. The van der Waals surface area contributed by atoms with E-state index in [4.69, 9.17) is 0 Å². The van der Waals surface area contributed by atoms with Crippen LogP contribution in [0.2, 0.25) is 0 Å². The molecule has 0 radical (unpaired) electrons. The molecule has 0 spiro atoms. The van der Waals surface area contributed by atoms with E-state index in [0.29, 0.717) is 6.29 Å². The van der Waals surface area contributed by atoms with Gasteiger partial charge >= 0.3 is 0 Å². The lowest BCUT2D eigenvalue weighted by atomic mass is 9.96. The topological polar surface area (TPSA) is 54.9 Å². The van der Waals surface area contributed by atoms with Gasteiger partial charge in [0.05, 0.1) is 11.6 Å². The van der Waals surface area contributed by atoms with Gasteiger partial charge in [-0.1, -0.05) is 18.2 Å². The summed E-state index contributed by atoms with van der Waals surface area (Å²) in [6.07, 6.45) is 1.98. The van der Waals surface area contributed by atoms with Crippen molar-refractivity contribution in [3.05, 3.63) is 83.4 Å². The monoisotopic (exact) mass is 343 g/mol. The molecule has 1 aromatic heterocycles. The number of nitrogens with one attached hydrogen (secondary N) is 1. The largest absolute Gasteiger partial charge is 0.324 e. The fourth-order valence-corrected chi connectivity index (χ4v) is 2.34. The van der Waals surface area contributed by atoms with Gasteiger partial charge in [-0.2, -0.15) is 0 Å². The minimum Gasteiger partial charge on any atom is -0.324 e. The van der Waals surface area contributed by atoms with Gasteiger partial charge in [0, 0.05) is 23.5 Å². The van der Waals surface area contributed by atoms with Gasteiger partial charge in [-0.25, -0.2) is 23.1 Å². The highest BCUT2D eigenvalue weighted by molar-refractivity contribution is 5.67. The summed E-state index contributed by atoms with van der Waals surface area (Å²) in [5.41, 5.74) is 0.708. The molecule has 4 nitrogen and oxygen atoms in total. The summed E-state index contributed by atoms with van der Waals surface area (Å²) < 4.78 is 40.2. The Morgan fingerprint density at radius 1 is 0.960 bits per heavy atom. The highest BCUT2D eigenvalue weighted by atomic mass is 19.2. The van der Waals surface area contributed by atoms with E-state index in [2.05, 4.69) is 15.3 Å². The van der Waals surface area contributed by atoms with Crippen molar-refractivity contribution in [2.75, 3.05) is 5.32 Å². The molecule has 1 unspecified atom stereocenters. The van der Waals surface area contributed by atoms with E-state index in [-0.39, 0.29) is 22.9 Å². The summed E-state index contributed by atoms with van der Waals surface area (Å²) in [6.45, 7) is 0. The van der Waals surface area contributed by atoms with Crippen LogP contribution in [0, 0.1) is 17.5 Å². The Hall–Kier alpha value is -3.22. The molecule has 126 valence electrons. The number of aromatic nitrogens is 2. The molecule has 0 bridgehead atoms. The number of anilines is 2. The first-order chi connectivity index (χ1) is 12.1. The summed E-state index contributed by atoms with van der Waals surface area (Å²) in [5, 5.41) is 2.72. The third kappa shape index (κ3) is 3.65. The van der Waals surface area contributed by atoms with Crippen molar-refractivity contribution in [2.45, 2.75) is 5.92 Å². The Bertz CT molecular complexity index is 918. The molecule has 3 aromatic rings. The highest BCUT2D eigenvalue weighted by Crippen LogP contribution is 2.24. The van der Waals surface area contributed by atoms with Gasteiger partial charge in [0.1, 0.15) is 12.1 Å². The molecule has 1 atom stereocenters. The van der Waals surface area contributed by atoms with E-state index < -0.39 is 23.4 Å². The molecule has 0 fully saturated rings. The first-order valence-corrected chi connectivity index (χ1v) is 7.33. The fraction of sp³-hybridized carbons (Fsp3) is 0.0556. The van der Waals surface area contributed by atoms with E-state index >= 15 is 0 Å². The second-order valence-electron chi connectivity index (χ2n) is 5.19. The van der Waals surface area contributed by atoms with Gasteiger partial charge < -0.3 is 10.1 Å². The smallest absolute Gasteiger partial charge is 0.227 e. The van der Waals surface area contributed by atoms with Crippen LogP contribution in [0.25, 0.3) is 0 Å². The molecule has 0 amide bonds. The number of halogens is 3. The quantitative estimate of drug-likeness (QED) is 0.712. The van der Waals surface area contributed by atoms with Gasteiger partial charge in [0.25, 0.3) is 0 Å². The first-order valence-electron chi connectivity index (χ1n) is 7.33. The van der Waals surface area contributed by atoms with Crippen molar-refractivity contribution < 1.29 is 18.0 Å². The number of hydrogen-bond donors (Lipinski definition) is 1. The molecule has 2 aromatic carbocycles. The number of nitrogens with zero attached hydrogens (tertiary/aromatic N) is 2. The maximum Gasteiger partial charge on any atom is 0.227 e. The van der Waals surface area contributed by atoms with Crippen LogP contribution in [0.1, 0.15) is 17.2 Å². The molecular formula is C18H12F3N3O. The van der Waals surface area contributed by atoms with Crippen LogP contribution >= 0.6 is 0 Å².